The summed E-state index contributed by atoms with van der Waals surface area (Å²) in [6, 6.07) is 17.7. The van der Waals surface area contributed by atoms with Gasteiger partial charge in [0.15, 0.2) is 5.60 Å². The van der Waals surface area contributed by atoms with Crippen LogP contribution in [0.2, 0.25) is 0 Å². The van der Waals surface area contributed by atoms with Gasteiger partial charge in [-0.3, -0.25) is 4.79 Å². The van der Waals surface area contributed by atoms with Gasteiger partial charge in [-0.25, -0.2) is 4.39 Å². The van der Waals surface area contributed by atoms with Gasteiger partial charge in [0.1, 0.15) is 29.7 Å². The van der Waals surface area contributed by atoms with Crippen molar-refractivity contribution >= 4 is 5.97 Å². The Kier molecular flexibility index (Phi) is 9.19. The van der Waals surface area contributed by atoms with Crippen LogP contribution in [0.1, 0.15) is 50.7 Å². The normalized spacial score (nSPS) is 11.8. The molecule has 0 radical (unpaired) electrons. The average molecular weight is 505 g/mol. The zero-order chi connectivity index (χ0) is 27.0. The van der Waals surface area contributed by atoms with Crippen molar-refractivity contribution in [1.29, 1.82) is 0 Å². The zero-order valence-electron chi connectivity index (χ0n) is 22.0. The summed E-state index contributed by atoms with van der Waals surface area (Å²) in [4.78, 5) is 11.8. The van der Waals surface area contributed by atoms with E-state index in [0.717, 1.165) is 17.5 Å². The molecule has 0 heterocycles. The summed E-state index contributed by atoms with van der Waals surface area (Å²) in [6.45, 7) is 5.83. The fourth-order valence-electron chi connectivity index (χ4n) is 3.91. The Bertz CT molecular complexity index is 1270. The predicted octanol–water partition coefficient (Wildman–Crippen LogP) is 6.93. The van der Waals surface area contributed by atoms with Gasteiger partial charge in [0, 0.05) is 11.1 Å². The quantitative estimate of drug-likeness (QED) is 0.209. The van der Waals surface area contributed by atoms with Crippen molar-refractivity contribution in [1.82, 2.24) is 0 Å². The molecular formula is C31H33FO5. The van der Waals surface area contributed by atoms with Crippen molar-refractivity contribution in [2.45, 2.75) is 51.7 Å². The van der Waals surface area contributed by atoms with Gasteiger partial charge in [-0.2, -0.15) is 0 Å². The van der Waals surface area contributed by atoms with E-state index in [1.807, 2.05) is 43.3 Å². The lowest BCUT2D eigenvalue weighted by atomic mass is 9.93. The first-order chi connectivity index (χ1) is 17.7. The fraction of sp³-hybridized carbons (Fsp3) is 0.323. The third-order valence-corrected chi connectivity index (χ3v) is 6.09. The average Bonchev–Trinajstić information content (AvgIpc) is 2.91. The van der Waals surface area contributed by atoms with E-state index in [1.54, 1.807) is 32.0 Å². The molecule has 0 bridgehead atoms. The molecule has 1 atom stereocenters. The number of ether oxygens (including phenoxy) is 4. The van der Waals surface area contributed by atoms with Crippen LogP contribution in [0.15, 0.2) is 60.7 Å². The minimum absolute atomic E-state index is 0.0408. The molecule has 0 N–H and O–H groups in total. The Balaban J connectivity index is 1.88. The minimum Gasteiger partial charge on any atom is -0.497 e. The van der Waals surface area contributed by atoms with Crippen LogP contribution in [0.3, 0.4) is 0 Å². The van der Waals surface area contributed by atoms with Crippen LogP contribution < -0.4 is 14.2 Å². The number of hydrogen-bond acceptors (Lipinski definition) is 5. The molecule has 0 saturated carbocycles. The zero-order valence-corrected chi connectivity index (χ0v) is 22.0. The molecule has 0 spiro atoms. The summed E-state index contributed by atoms with van der Waals surface area (Å²) in [6.07, 6.45) is 6.77. The monoisotopic (exact) mass is 504 g/mol. The smallest absolute Gasteiger partial charge is 0.306 e. The van der Waals surface area contributed by atoms with Crippen molar-refractivity contribution in [3.05, 3.63) is 77.6 Å². The summed E-state index contributed by atoms with van der Waals surface area (Å²) in [7, 11) is 2.93. The number of carbonyl (C=O) groups excluding carboxylic acids is 1. The van der Waals surface area contributed by atoms with Gasteiger partial charge in [0.05, 0.1) is 20.6 Å². The Labute approximate surface area is 218 Å². The van der Waals surface area contributed by atoms with Gasteiger partial charge >= 0.3 is 5.97 Å². The Morgan fingerprint density at radius 1 is 1.03 bits per heavy atom. The van der Waals surface area contributed by atoms with E-state index in [-0.39, 0.29) is 18.5 Å². The van der Waals surface area contributed by atoms with Crippen molar-refractivity contribution in [3.63, 3.8) is 0 Å². The SMILES string of the molecule is C#CC(C)(C)Oc1cc(COc2cccc([C@H](CC)CC(=O)OC)c2)ccc1-c1cc(OC)ccc1F. The number of halogens is 1. The van der Waals surface area contributed by atoms with Gasteiger partial charge < -0.3 is 18.9 Å². The molecule has 3 aromatic rings. The van der Waals surface area contributed by atoms with E-state index in [9.17, 15) is 9.18 Å². The van der Waals surface area contributed by atoms with Gasteiger partial charge in [0.2, 0.25) is 0 Å². The molecule has 0 aliphatic rings. The lowest BCUT2D eigenvalue weighted by Crippen LogP contribution is -2.26. The number of benzene rings is 3. The highest BCUT2D eigenvalue weighted by atomic mass is 19.1. The predicted molar refractivity (Wildman–Crippen MR) is 142 cm³/mol. The summed E-state index contributed by atoms with van der Waals surface area (Å²) in [5.41, 5.74) is 1.82. The second kappa shape index (κ2) is 12.3. The molecule has 0 aliphatic carbocycles. The summed E-state index contributed by atoms with van der Waals surface area (Å²) < 4.78 is 37.1. The fourth-order valence-corrected chi connectivity index (χ4v) is 3.91. The molecule has 3 aromatic carbocycles. The standard InChI is InChI=1S/C31H33FO5/c1-7-22(18-30(33)35-6)23-10-9-11-25(17-23)36-20-21-12-14-26(29(16-21)37-31(3,4)8-2)27-19-24(34-5)13-15-28(27)32/h2,9-17,19,22H,7,18,20H2,1,3-6H3/t22-/m1/s1. The molecule has 0 saturated heterocycles. The molecule has 0 amide bonds. The summed E-state index contributed by atoms with van der Waals surface area (Å²) in [5.74, 6) is 3.66. The number of terminal acetylenes is 1. The Hall–Kier alpha value is -3.98. The van der Waals surface area contributed by atoms with E-state index < -0.39 is 11.4 Å². The second-order valence-corrected chi connectivity index (χ2v) is 9.18. The van der Waals surface area contributed by atoms with Crippen molar-refractivity contribution in [2.24, 2.45) is 0 Å². The van der Waals surface area contributed by atoms with E-state index >= 15 is 0 Å². The Morgan fingerprint density at radius 3 is 2.49 bits per heavy atom. The molecule has 0 aliphatic heterocycles. The van der Waals surface area contributed by atoms with Crippen molar-refractivity contribution in [2.75, 3.05) is 14.2 Å². The van der Waals surface area contributed by atoms with Gasteiger partial charge in [-0.05, 0) is 73.7 Å². The minimum atomic E-state index is -0.910. The largest absolute Gasteiger partial charge is 0.497 e. The maximum Gasteiger partial charge on any atom is 0.306 e. The first-order valence-electron chi connectivity index (χ1n) is 12.1. The van der Waals surface area contributed by atoms with Crippen molar-refractivity contribution in [3.8, 4) is 40.7 Å². The first kappa shape index (κ1) is 27.6. The molecule has 0 aromatic heterocycles. The van der Waals surface area contributed by atoms with E-state index in [0.29, 0.717) is 34.8 Å². The van der Waals surface area contributed by atoms with Crippen LogP contribution in [0, 0.1) is 18.2 Å². The lowest BCUT2D eigenvalue weighted by Gasteiger charge is -2.23. The maximum absolute atomic E-state index is 14.8. The highest BCUT2D eigenvalue weighted by molar-refractivity contribution is 5.73. The van der Waals surface area contributed by atoms with E-state index in [4.69, 9.17) is 25.4 Å². The van der Waals surface area contributed by atoms with E-state index in [1.165, 1.54) is 20.3 Å². The van der Waals surface area contributed by atoms with Gasteiger partial charge in [-0.15, -0.1) is 6.42 Å². The molecule has 3 rings (SSSR count). The number of rotatable bonds is 11. The number of hydrogen-bond donors (Lipinski definition) is 0. The van der Waals surface area contributed by atoms with Gasteiger partial charge in [0.25, 0.3) is 0 Å². The van der Waals surface area contributed by atoms with Gasteiger partial charge in [-0.1, -0.05) is 37.1 Å². The molecule has 5 nitrogen and oxygen atoms in total. The highest BCUT2D eigenvalue weighted by Crippen LogP contribution is 2.37. The molecule has 37 heavy (non-hydrogen) atoms. The topological polar surface area (TPSA) is 54.0 Å². The molecule has 6 heteroatoms. The molecular weight excluding hydrogens is 471 g/mol. The first-order valence-corrected chi connectivity index (χ1v) is 12.1. The van der Waals surface area contributed by atoms with Crippen LogP contribution in [0.4, 0.5) is 4.39 Å². The van der Waals surface area contributed by atoms with Crippen LogP contribution in [0.5, 0.6) is 17.2 Å². The maximum atomic E-state index is 14.8. The third kappa shape index (κ3) is 7.27. The summed E-state index contributed by atoms with van der Waals surface area (Å²) >= 11 is 0. The number of carbonyl (C=O) groups is 1. The number of methoxy groups -OCH3 is 2. The Morgan fingerprint density at radius 2 is 1.81 bits per heavy atom. The summed E-state index contributed by atoms with van der Waals surface area (Å²) in [5, 5.41) is 0. The highest BCUT2D eigenvalue weighted by Gasteiger charge is 2.21. The molecule has 0 fully saturated rings. The molecule has 0 unspecified atom stereocenters. The second-order valence-electron chi connectivity index (χ2n) is 9.18. The van der Waals surface area contributed by atoms with Crippen LogP contribution >= 0.6 is 0 Å². The number of esters is 1. The molecule has 194 valence electrons. The van der Waals surface area contributed by atoms with Crippen LogP contribution in [-0.2, 0) is 16.1 Å². The lowest BCUT2D eigenvalue weighted by molar-refractivity contribution is -0.141. The van der Waals surface area contributed by atoms with Crippen LogP contribution in [-0.4, -0.2) is 25.8 Å². The van der Waals surface area contributed by atoms with E-state index in [2.05, 4.69) is 5.92 Å². The third-order valence-electron chi connectivity index (χ3n) is 6.09. The van der Waals surface area contributed by atoms with Crippen LogP contribution in [0.25, 0.3) is 11.1 Å². The van der Waals surface area contributed by atoms with Crippen molar-refractivity contribution < 1.29 is 28.1 Å².